The summed E-state index contributed by atoms with van der Waals surface area (Å²) in [6.45, 7) is 6.74. The van der Waals surface area contributed by atoms with Crippen LogP contribution in [0.1, 0.15) is 59.3 Å². The second-order valence-electron chi connectivity index (χ2n) is 5.39. The summed E-state index contributed by atoms with van der Waals surface area (Å²) in [5.41, 5.74) is 0. The molecule has 1 aliphatic rings. The van der Waals surface area contributed by atoms with Gasteiger partial charge in [0.15, 0.2) is 0 Å². The molecule has 0 amide bonds. The molecular weight excluding hydrogens is 214 g/mol. The number of hydrogen-bond acceptors (Lipinski definition) is 3. The minimum absolute atomic E-state index is 0.0884. The average Bonchev–Trinajstić information content (AvgIpc) is 2.44. The van der Waals surface area contributed by atoms with Crippen LogP contribution in [0.4, 0.5) is 0 Å². The van der Waals surface area contributed by atoms with Gasteiger partial charge in [0, 0.05) is 12.1 Å². The van der Waals surface area contributed by atoms with Crippen LogP contribution in [0.2, 0.25) is 0 Å². The Labute approximate surface area is 105 Å². The van der Waals surface area contributed by atoms with Crippen LogP contribution in [0, 0.1) is 5.92 Å². The molecule has 0 heterocycles. The predicted molar refractivity (Wildman–Crippen MR) is 69.9 cm³/mol. The fraction of sp³-hybridized carbons (Fsp3) is 0.929. The molecule has 1 rings (SSSR count). The van der Waals surface area contributed by atoms with E-state index in [1.54, 1.807) is 0 Å². The van der Waals surface area contributed by atoms with Gasteiger partial charge in [0.2, 0.25) is 0 Å². The maximum atomic E-state index is 11.4. The molecule has 0 aliphatic heterocycles. The number of carbonyl (C=O) groups excluding carboxylic acids is 1. The molecule has 0 bridgehead atoms. The molecule has 0 spiro atoms. The van der Waals surface area contributed by atoms with E-state index in [4.69, 9.17) is 4.74 Å². The molecule has 0 aromatic rings. The van der Waals surface area contributed by atoms with Crippen LogP contribution in [0.5, 0.6) is 0 Å². The Kier molecular flexibility index (Phi) is 6.56. The average molecular weight is 241 g/mol. The van der Waals surface area contributed by atoms with Gasteiger partial charge in [-0.15, -0.1) is 0 Å². The first-order valence-corrected chi connectivity index (χ1v) is 7.03. The summed E-state index contributed by atoms with van der Waals surface area (Å²) in [5.74, 6) is 0.775. The second-order valence-corrected chi connectivity index (χ2v) is 5.39. The highest BCUT2D eigenvalue weighted by Gasteiger charge is 2.19. The maximum Gasteiger partial charge on any atom is 0.307 e. The normalized spacial score (nSPS) is 27.2. The van der Waals surface area contributed by atoms with E-state index in [0.29, 0.717) is 19.1 Å². The first kappa shape index (κ1) is 14.5. The van der Waals surface area contributed by atoms with Crippen LogP contribution in [0.25, 0.3) is 0 Å². The van der Waals surface area contributed by atoms with Crippen molar-refractivity contribution in [3.63, 3.8) is 0 Å². The van der Waals surface area contributed by atoms with Gasteiger partial charge in [0.1, 0.15) is 0 Å². The molecule has 0 aromatic carbocycles. The van der Waals surface area contributed by atoms with Crippen LogP contribution in [0.3, 0.4) is 0 Å². The molecule has 100 valence electrons. The van der Waals surface area contributed by atoms with Crippen molar-refractivity contribution in [3.05, 3.63) is 0 Å². The summed E-state index contributed by atoms with van der Waals surface area (Å²) in [7, 11) is 0. The van der Waals surface area contributed by atoms with Crippen molar-refractivity contribution in [1.82, 2.24) is 5.32 Å². The van der Waals surface area contributed by atoms with Gasteiger partial charge in [-0.05, 0) is 39.0 Å². The largest absolute Gasteiger partial charge is 0.466 e. The lowest BCUT2D eigenvalue weighted by molar-refractivity contribution is -0.143. The lowest BCUT2D eigenvalue weighted by Gasteiger charge is -2.21. The summed E-state index contributed by atoms with van der Waals surface area (Å²) in [6, 6.07) is 0.817. The van der Waals surface area contributed by atoms with Crippen molar-refractivity contribution in [1.29, 1.82) is 0 Å². The highest BCUT2D eigenvalue weighted by Crippen LogP contribution is 2.23. The Balaban J connectivity index is 2.25. The molecule has 3 heteroatoms. The third kappa shape index (κ3) is 6.06. The smallest absolute Gasteiger partial charge is 0.307 e. The lowest BCUT2D eigenvalue weighted by atomic mass is 10.0. The van der Waals surface area contributed by atoms with Gasteiger partial charge in [-0.25, -0.2) is 0 Å². The van der Waals surface area contributed by atoms with Crippen LogP contribution in [-0.4, -0.2) is 24.7 Å². The number of esters is 1. The van der Waals surface area contributed by atoms with Gasteiger partial charge in [-0.2, -0.15) is 0 Å². The molecule has 0 saturated heterocycles. The van der Waals surface area contributed by atoms with Crippen molar-refractivity contribution in [2.24, 2.45) is 5.92 Å². The van der Waals surface area contributed by atoms with Gasteiger partial charge in [0.05, 0.1) is 13.0 Å². The first-order valence-electron chi connectivity index (χ1n) is 7.03. The van der Waals surface area contributed by atoms with E-state index in [1.807, 2.05) is 6.92 Å². The van der Waals surface area contributed by atoms with Crippen molar-refractivity contribution in [3.8, 4) is 0 Å². The van der Waals surface area contributed by atoms with Gasteiger partial charge >= 0.3 is 5.97 Å². The molecule has 1 fully saturated rings. The summed E-state index contributed by atoms with van der Waals surface area (Å²) >= 11 is 0. The Morgan fingerprint density at radius 1 is 1.35 bits per heavy atom. The predicted octanol–water partition coefficient (Wildman–Crippen LogP) is 2.89. The number of ether oxygens (including phenoxy) is 1. The summed E-state index contributed by atoms with van der Waals surface area (Å²) in [6.07, 6.45) is 6.95. The van der Waals surface area contributed by atoms with E-state index < -0.39 is 0 Å². The fourth-order valence-electron chi connectivity index (χ4n) is 2.58. The molecule has 1 N–H and O–H groups in total. The zero-order valence-corrected chi connectivity index (χ0v) is 11.5. The van der Waals surface area contributed by atoms with Gasteiger partial charge in [-0.1, -0.05) is 19.8 Å². The van der Waals surface area contributed by atoms with Gasteiger partial charge in [0.25, 0.3) is 0 Å². The van der Waals surface area contributed by atoms with E-state index >= 15 is 0 Å². The van der Waals surface area contributed by atoms with E-state index in [1.165, 1.54) is 32.1 Å². The summed E-state index contributed by atoms with van der Waals surface area (Å²) < 4.78 is 4.96. The van der Waals surface area contributed by atoms with E-state index in [9.17, 15) is 4.79 Å². The number of rotatable bonds is 5. The number of hydrogen-bond donors (Lipinski definition) is 1. The summed E-state index contributed by atoms with van der Waals surface area (Å²) in [5, 5.41) is 3.57. The third-order valence-corrected chi connectivity index (χ3v) is 3.56. The second kappa shape index (κ2) is 7.70. The van der Waals surface area contributed by atoms with Crippen molar-refractivity contribution >= 4 is 5.97 Å². The van der Waals surface area contributed by atoms with Gasteiger partial charge < -0.3 is 10.1 Å². The molecule has 3 unspecified atom stereocenters. The Morgan fingerprint density at radius 2 is 2.12 bits per heavy atom. The molecule has 3 atom stereocenters. The van der Waals surface area contributed by atoms with E-state index in [-0.39, 0.29) is 12.0 Å². The Bertz CT molecular complexity index is 230. The lowest BCUT2D eigenvalue weighted by Crippen LogP contribution is -2.37. The Morgan fingerprint density at radius 3 is 2.82 bits per heavy atom. The zero-order chi connectivity index (χ0) is 12.7. The molecule has 0 radical (unpaired) electrons. The van der Waals surface area contributed by atoms with Crippen molar-refractivity contribution in [2.45, 2.75) is 71.4 Å². The van der Waals surface area contributed by atoms with Crippen LogP contribution in [0.15, 0.2) is 0 Å². The van der Waals surface area contributed by atoms with Crippen molar-refractivity contribution in [2.75, 3.05) is 6.61 Å². The van der Waals surface area contributed by atoms with Gasteiger partial charge in [-0.3, -0.25) is 4.79 Å². The maximum absolute atomic E-state index is 11.4. The summed E-state index contributed by atoms with van der Waals surface area (Å²) in [4.78, 5) is 11.4. The third-order valence-electron chi connectivity index (χ3n) is 3.56. The standard InChI is InChI=1S/C14H27NO2/c1-4-17-14(16)10-12(3)15-13-7-5-6-11(2)8-9-13/h11-13,15H,4-10H2,1-3H3. The minimum Gasteiger partial charge on any atom is -0.466 e. The highest BCUT2D eigenvalue weighted by molar-refractivity contribution is 5.70. The molecule has 0 aromatic heterocycles. The molecule has 1 aliphatic carbocycles. The quantitative estimate of drug-likeness (QED) is 0.594. The number of carbonyl (C=O) groups is 1. The van der Waals surface area contributed by atoms with Crippen LogP contribution < -0.4 is 5.32 Å². The monoisotopic (exact) mass is 241 g/mol. The molecule has 17 heavy (non-hydrogen) atoms. The minimum atomic E-state index is -0.0884. The van der Waals surface area contributed by atoms with E-state index in [0.717, 1.165) is 5.92 Å². The van der Waals surface area contributed by atoms with Crippen LogP contribution in [-0.2, 0) is 9.53 Å². The van der Waals surface area contributed by atoms with Crippen molar-refractivity contribution < 1.29 is 9.53 Å². The molecule has 1 saturated carbocycles. The Hall–Kier alpha value is -0.570. The highest BCUT2D eigenvalue weighted by atomic mass is 16.5. The van der Waals surface area contributed by atoms with Crippen LogP contribution >= 0.6 is 0 Å². The number of nitrogens with one attached hydrogen (secondary N) is 1. The first-order chi connectivity index (χ1) is 8.11. The SMILES string of the molecule is CCOC(=O)CC(C)NC1CCCC(C)CC1. The molecular formula is C14H27NO2. The molecule has 3 nitrogen and oxygen atoms in total. The topological polar surface area (TPSA) is 38.3 Å². The van der Waals surface area contributed by atoms with E-state index in [2.05, 4.69) is 19.2 Å². The fourth-order valence-corrected chi connectivity index (χ4v) is 2.58. The zero-order valence-electron chi connectivity index (χ0n) is 11.5.